The Hall–Kier alpha value is -3.59. The number of nitrogens with one attached hydrogen (secondary N) is 4. The van der Waals surface area contributed by atoms with E-state index in [-0.39, 0.29) is 30.9 Å². The van der Waals surface area contributed by atoms with Crippen molar-refractivity contribution >= 4 is 17.9 Å². The van der Waals surface area contributed by atoms with E-state index in [2.05, 4.69) is 28.2 Å². The van der Waals surface area contributed by atoms with E-state index < -0.39 is 24.1 Å². The number of ether oxygens (including phenoxy) is 2. The number of rotatable bonds is 18. The van der Waals surface area contributed by atoms with Crippen LogP contribution < -0.4 is 26.0 Å². The number of carbonyl (C=O) groups excluding carboxylic acids is 3. The Morgan fingerprint density at radius 1 is 0.857 bits per heavy atom. The molecule has 1 fully saturated rings. The number of amides is 3. The predicted molar refractivity (Wildman–Crippen MR) is 164 cm³/mol. The maximum atomic E-state index is 13.6. The minimum Gasteiger partial charge on any atom is -0.494 e. The summed E-state index contributed by atoms with van der Waals surface area (Å²) >= 11 is 0. The van der Waals surface area contributed by atoms with Gasteiger partial charge in [0.05, 0.1) is 6.61 Å². The Balaban J connectivity index is 1.67. The number of alkyl carbamates (subject to hydrolysis) is 1. The maximum absolute atomic E-state index is 13.6. The predicted octanol–water partition coefficient (Wildman–Crippen LogP) is 4.49. The molecule has 3 rings (SSSR count). The van der Waals surface area contributed by atoms with Crippen LogP contribution in [-0.4, -0.2) is 55.2 Å². The Labute approximate surface area is 250 Å². The van der Waals surface area contributed by atoms with Crippen LogP contribution in [0, 0.1) is 5.92 Å². The lowest BCUT2D eigenvalue weighted by molar-refractivity contribution is -0.130. The van der Waals surface area contributed by atoms with E-state index in [0.29, 0.717) is 25.6 Å². The molecule has 1 saturated carbocycles. The first-order chi connectivity index (χ1) is 20.2. The lowest BCUT2D eigenvalue weighted by atomic mass is 10.0. The first-order valence-corrected chi connectivity index (χ1v) is 15.3. The molecule has 0 aliphatic heterocycles. The summed E-state index contributed by atoms with van der Waals surface area (Å²) in [4.78, 5) is 39.6. The van der Waals surface area contributed by atoms with Crippen molar-refractivity contribution in [3.8, 4) is 5.75 Å². The molecule has 0 aromatic heterocycles. The summed E-state index contributed by atoms with van der Waals surface area (Å²) in [6.07, 6.45) is 4.34. The van der Waals surface area contributed by atoms with Crippen LogP contribution in [0.2, 0.25) is 0 Å². The van der Waals surface area contributed by atoms with Crippen LogP contribution in [0.25, 0.3) is 0 Å². The molecule has 0 bridgehead atoms. The van der Waals surface area contributed by atoms with E-state index in [1.165, 1.54) is 12.8 Å². The average molecular weight is 581 g/mol. The Kier molecular flexibility index (Phi) is 13.6. The fraction of sp³-hybridized carbons (Fsp3) is 0.545. The quantitative estimate of drug-likeness (QED) is 0.193. The second-order valence-electron chi connectivity index (χ2n) is 11.6. The van der Waals surface area contributed by atoms with E-state index in [4.69, 9.17) is 9.47 Å². The van der Waals surface area contributed by atoms with Gasteiger partial charge in [-0.15, -0.1) is 0 Å². The van der Waals surface area contributed by atoms with Gasteiger partial charge in [-0.3, -0.25) is 9.59 Å². The number of benzene rings is 2. The van der Waals surface area contributed by atoms with Gasteiger partial charge in [0.25, 0.3) is 0 Å². The van der Waals surface area contributed by atoms with Gasteiger partial charge in [0.1, 0.15) is 24.4 Å². The monoisotopic (exact) mass is 580 g/mol. The molecule has 3 atom stereocenters. The van der Waals surface area contributed by atoms with Gasteiger partial charge in [-0.2, -0.15) is 0 Å². The number of carbonyl (C=O) groups is 3. The van der Waals surface area contributed by atoms with Crippen LogP contribution >= 0.6 is 0 Å². The number of unbranched alkanes of at least 4 members (excludes halogenated alkanes) is 1. The second kappa shape index (κ2) is 17.4. The summed E-state index contributed by atoms with van der Waals surface area (Å²) < 4.78 is 11.2. The van der Waals surface area contributed by atoms with Crippen LogP contribution in [0.3, 0.4) is 0 Å². The summed E-state index contributed by atoms with van der Waals surface area (Å²) in [6.45, 7) is 9.47. The first kappa shape index (κ1) is 32.9. The van der Waals surface area contributed by atoms with Gasteiger partial charge in [-0.05, 0) is 61.8 Å². The molecule has 4 N–H and O–H groups in total. The average Bonchev–Trinajstić information content (AvgIpc) is 3.80. The summed E-state index contributed by atoms with van der Waals surface area (Å²) in [5.74, 6) is 0.242. The maximum Gasteiger partial charge on any atom is 0.408 e. The van der Waals surface area contributed by atoms with Gasteiger partial charge in [0.2, 0.25) is 11.8 Å². The first-order valence-electron chi connectivity index (χ1n) is 15.3. The Morgan fingerprint density at radius 3 is 2.19 bits per heavy atom. The van der Waals surface area contributed by atoms with Crippen LogP contribution in [0.4, 0.5) is 4.79 Å². The third-order valence-corrected chi connectivity index (χ3v) is 6.97. The van der Waals surface area contributed by atoms with Gasteiger partial charge in [-0.1, -0.05) is 69.7 Å². The fourth-order valence-corrected chi connectivity index (χ4v) is 4.41. The second-order valence-corrected chi connectivity index (χ2v) is 11.6. The van der Waals surface area contributed by atoms with Gasteiger partial charge in [0, 0.05) is 25.0 Å². The normalized spacial score (nSPS) is 14.9. The third-order valence-electron chi connectivity index (χ3n) is 6.97. The minimum absolute atomic E-state index is 0.0791. The third kappa shape index (κ3) is 12.5. The standard InChI is InChI=1S/C33H48N4O5/c1-5-6-18-41-28-16-12-25(13-17-28)20-30(37-33(40)42-22-26-10-8-7-9-11-26)32(39)36-29(19-23(2)3)31(38)35-24(4)21-34-27-14-15-27/h7-13,16-17,23-24,27,29-30,34H,5-6,14-15,18-22H2,1-4H3,(H,35,38)(H,36,39)(H,37,40)/t24-,29-,30-/m0/s1. The van der Waals surface area contributed by atoms with Crippen molar-refractivity contribution in [1.29, 1.82) is 0 Å². The molecule has 2 aromatic carbocycles. The van der Waals surface area contributed by atoms with Crippen molar-refractivity contribution in [3.63, 3.8) is 0 Å². The zero-order valence-electron chi connectivity index (χ0n) is 25.5. The van der Waals surface area contributed by atoms with E-state index >= 15 is 0 Å². The largest absolute Gasteiger partial charge is 0.494 e. The van der Waals surface area contributed by atoms with Crippen molar-refractivity contribution in [2.45, 2.75) is 97.0 Å². The fourth-order valence-electron chi connectivity index (χ4n) is 4.41. The van der Waals surface area contributed by atoms with E-state index in [1.807, 2.05) is 75.4 Å². The molecule has 3 amide bonds. The molecule has 0 heterocycles. The molecular formula is C33H48N4O5. The highest BCUT2D eigenvalue weighted by atomic mass is 16.5. The van der Waals surface area contributed by atoms with Crippen molar-refractivity contribution in [3.05, 3.63) is 65.7 Å². The highest BCUT2D eigenvalue weighted by molar-refractivity contribution is 5.91. The summed E-state index contributed by atoms with van der Waals surface area (Å²) in [7, 11) is 0. The molecule has 42 heavy (non-hydrogen) atoms. The molecule has 230 valence electrons. The van der Waals surface area contributed by atoms with Crippen molar-refractivity contribution in [2.24, 2.45) is 5.92 Å². The zero-order chi connectivity index (χ0) is 30.3. The molecule has 0 spiro atoms. The lowest BCUT2D eigenvalue weighted by Crippen LogP contribution is -2.56. The number of hydrogen-bond acceptors (Lipinski definition) is 6. The van der Waals surface area contributed by atoms with Gasteiger partial charge >= 0.3 is 6.09 Å². The van der Waals surface area contributed by atoms with Gasteiger partial charge in [-0.25, -0.2) is 4.79 Å². The molecule has 1 aliphatic carbocycles. The van der Waals surface area contributed by atoms with Gasteiger partial charge in [0.15, 0.2) is 0 Å². The van der Waals surface area contributed by atoms with Crippen LogP contribution in [0.15, 0.2) is 54.6 Å². The summed E-state index contributed by atoms with van der Waals surface area (Å²) in [5.41, 5.74) is 1.68. The Bertz CT molecular complexity index is 1110. The van der Waals surface area contributed by atoms with E-state index in [9.17, 15) is 14.4 Å². The van der Waals surface area contributed by atoms with E-state index in [1.54, 1.807) is 0 Å². The molecule has 0 unspecified atom stereocenters. The van der Waals surface area contributed by atoms with E-state index in [0.717, 1.165) is 29.7 Å². The molecule has 0 saturated heterocycles. The molecule has 9 heteroatoms. The van der Waals surface area contributed by atoms with Crippen LogP contribution in [-0.2, 0) is 27.4 Å². The highest BCUT2D eigenvalue weighted by Gasteiger charge is 2.29. The molecular weight excluding hydrogens is 532 g/mol. The minimum atomic E-state index is -0.948. The molecule has 1 aliphatic rings. The molecule has 2 aromatic rings. The highest BCUT2D eigenvalue weighted by Crippen LogP contribution is 2.18. The summed E-state index contributed by atoms with van der Waals surface area (Å²) in [5, 5.41) is 12.1. The van der Waals surface area contributed by atoms with Crippen molar-refractivity contribution < 1.29 is 23.9 Å². The zero-order valence-corrected chi connectivity index (χ0v) is 25.5. The number of hydrogen-bond donors (Lipinski definition) is 4. The topological polar surface area (TPSA) is 118 Å². The molecule has 0 radical (unpaired) electrons. The SMILES string of the molecule is CCCCOc1ccc(C[C@H](NC(=O)OCc2ccccc2)C(=O)N[C@@H](CC(C)C)C(=O)N[C@@H](C)CNC2CC2)cc1. The van der Waals surface area contributed by atoms with Crippen molar-refractivity contribution in [2.75, 3.05) is 13.2 Å². The Morgan fingerprint density at radius 2 is 1.55 bits per heavy atom. The van der Waals surface area contributed by atoms with Crippen LogP contribution in [0.5, 0.6) is 5.75 Å². The lowest BCUT2D eigenvalue weighted by Gasteiger charge is -2.25. The van der Waals surface area contributed by atoms with Crippen molar-refractivity contribution in [1.82, 2.24) is 21.3 Å². The van der Waals surface area contributed by atoms with Gasteiger partial charge < -0.3 is 30.7 Å². The summed E-state index contributed by atoms with van der Waals surface area (Å²) in [6, 6.07) is 15.6. The molecule has 9 nitrogen and oxygen atoms in total. The van der Waals surface area contributed by atoms with Crippen LogP contribution in [0.1, 0.15) is 70.9 Å². The smallest absolute Gasteiger partial charge is 0.408 e.